The number of aryl methyl sites for hydroxylation is 1. The van der Waals surface area contributed by atoms with Crippen molar-refractivity contribution < 1.29 is 23.4 Å². The summed E-state index contributed by atoms with van der Waals surface area (Å²) >= 11 is 6.18. The van der Waals surface area contributed by atoms with Crippen LogP contribution < -0.4 is 0 Å². The van der Waals surface area contributed by atoms with E-state index in [-0.39, 0.29) is 29.0 Å². The van der Waals surface area contributed by atoms with Crippen LogP contribution in [0.4, 0.5) is 0 Å². The molecule has 8 nitrogen and oxygen atoms in total. The zero-order valence-corrected chi connectivity index (χ0v) is 20.5. The minimum Gasteiger partial charge on any atom is -0.480 e. The number of hydrogen-bond donors (Lipinski definition) is 2. The van der Waals surface area contributed by atoms with E-state index in [0.717, 1.165) is 35.0 Å². The van der Waals surface area contributed by atoms with Crippen molar-refractivity contribution in [1.82, 2.24) is 13.9 Å². The maximum absolute atomic E-state index is 13.0. The molecule has 2 rings (SSSR count). The average molecular weight is 486 g/mol. The number of carboxylic acid groups (broad SMARTS) is 1. The van der Waals surface area contributed by atoms with Crippen LogP contribution in [-0.4, -0.2) is 51.5 Å². The van der Waals surface area contributed by atoms with E-state index in [9.17, 15) is 23.4 Å². The fourth-order valence-corrected chi connectivity index (χ4v) is 5.09. The minimum atomic E-state index is -3.98. The van der Waals surface area contributed by atoms with Crippen LogP contribution in [0.15, 0.2) is 29.2 Å². The lowest BCUT2D eigenvalue weighted by Gasteiger charge is -2.25. The molecular weight excluding hydrogens is 454 g/mol. The maximum Gasteiger partial charge on any atom is 0.322 e. The summed E-state index contributed by atoms with van der Waals surface area (Å²) in [4.78, 5) is 16.0. The Labute approximate surface area is 194 Å². The summed E-state index contributed by atoms with van der Waals surface area (Å²) in [7, 11) is -2.68. The molecule has 0 unspecified atom stereocenters. The van der Waals surface area contributed by atoms with Gasteiger partial charge in [-0.25, -0.2) is 13.4 Å². The highest BCUT2D eigenvalue weighted by Crippen LogP contribution is 2.23. The Hall–Kier alpha value is -1.94. The van der Waals surface area contributed by atoms with Crippen LogP contribution in [-0.2, 0) is 34.4 Å². The van der Waals surface area contributed by atoms with Crippen molar-refractivity contribution in [2.75, 3.05) is 7.05 Å². The molecule has 1 aromatic carbocycles. The van der Waals surface area contributed by atoms with Gasteiger partial charge in [0.1, 0.15) is 11.9 Å². The summed E-state index contributed by atoms with van der Waals surface area (Å²) in [6.07, 6.45) is 2.87. The Morgan fingerprint density at radius 3 is 2.38 bits per heavy atom. The maximum atomic E-state index is 13.0. The Bertz CT molecular complexity index is 1020. The summed E-state index contributed by atoms with van der Waals surface area (Å²) in [5, 5.41) is 19.5. The Kier molecular flexibility index (Phi) is 9.27. The third-order valence-electron chi connectivity index (χ3n) is 5.37. The number of carbonyl (C=O) groups is 1. The smallest absolute Gasteiger partial charge is 0.322 e. The van der Waals surface area contributed by atoms with E-state index in [1.54, 1.807) is 12.1 Å². The molecular formula is C22H32ClN3O5S. The summed E-state index contributed by atoms with van der Waals surface area (Å²) in [6, 6.07) is 5.16. The third-order valence-corrected chi connectivity index (χ3v) is 7.55. The van der Waals surface area contributed by atoms with Crippen molar-refractivity contribution in [3.05, 3.63) is 46.5 Å². The summed E-state index contributed by atoms with van der Waals surface area (Å²) in [5.74, 6) is -0.370. The summed E-state index contributed by atoms with van der Waals surface area (Å²) in [5.41, 5.74) is 1.33. The van der Waals surface area contributed by atoms with E-state index >= 15 is 0 Å². The number of halogens is 1. The SMILES string of the molecule is CCCCc1nc(Cl)c(CO)n1Cc1ccc(S(=O)(=O)N(C)[C@@H](CC(C)C)C(=O)O)cc1. The van der Waals surface area contributed by atoms with Crippen LogP contribution in [0, 0.1) is 5.92 Å². The number of unbranched alkanes of at least 4 members (excludes halogenated alkanes) is 1. The van der Waals surface area contributed by atoms with E-state index in [4.69, 9.17) is 11.6 Å². The molecule has 0 amide bonds. The van der Waals surface area contributed by atoms with Gasteiger partial charge in [-0.05, 0) is 36.5 Å². The van der Waals surface area contributed by atoms with Gasteiger partial charge in [0.25, 0.3) is 0 Å². The standard InChI is InChI=1S/C22H32ClN3O5S/c1-5-6-7-20-24-21(23)19(14-27)26(20)13-16-8-10-17(11-9-16)32(30,31)25(4)18(22(28)29)12-15(2)3/h8-11,15,18,27H,5-7,12-14H2,1-4H3,(H,28,29)/t18-/m0/s1. The second-order valence-corrected chi connectivity index (χ2v) is 10.6. The van der Waals surface area contributed by atoms with Crippen molar-refractivity contribution in [2.24, 2.45) is 5.92 Å². The van der Waals surface area contributed by atoms with Crippen LogP contribution in [0.3, 0.4) is 0 Å². The van der Waals surface area contributed by atoms with Crippen LogP contribution in [0.25, 0.3) is 0 Å². The first-order valence-corrected chi connectivity index (χ1v) is 12.5. The van der Waals surface area contributed by atoms with Gasteiger partial charge in [-0.2, -0.15) is 4.31 Å². The number of aromatic nitrogens is 2. The number of aliphatic hydroxyl groups is 1. The molecule has 0 fully saturated rings. The monoisotopic (exact) mass is 485 g/mol. The number of nitrogens with zero attached hydrogens (tertiary/aromatic N) is 3. The second kappa shape index (κ2) is 11.3. The molecule has 0 spiro atoms. The fourth-order valence-electron chi connectivity index (χ4n) is 3.50. The molecule has 0 radical (unpaired) electrons. The fraction of sp³-hybridized carbons (Fsp3) is 0.545. The largest absolute Gasteiger partial charge is 0.480 e. The molecule has 1 heterocycles. The molecule has 0 bridgehead atoms. The minimum absolute atomic E-state index is 0.0241. The molecule has 178 valence electrons. The van der Waals surface area contributed by atoms with Gasteiger partial charge in [0, 0.05) is 20.0 Å². The molecule has 1 aromatic heterocycles. The van der Waals surface area contributed by atoms with Crippen LogP contribution in [0.2, 0.25) is 5.15 Å². The number of carboxylic acids is 1. The molecule has 10 heteroatoms. The lowest BCUT2D eigenvalue weighted by Crippen LogP contribution is -2.43. The number of rotatable bonds is 12. The third kappa shape index (κ3) is 6.10. The number of aliphatic carboxylic acids is 1. The van der Waals surface area contributed by atoms with Crippen molar-refractivity contribution in [3.8, 4) is 0 Å². The highest BCUT2D eigenvalue weighted by molar-refractivity contribution is 7.89. The zero-order valence-electron chi connectivity index (χ0n) is 19.0. The first-order valence-electron chi connectivity index (χ1n) is 10.7. The first kappa shape index (κ1) is 26.3. The van der Waals surface area contributed by atoms with Gasteiger partial charge in [-0.15, -0.1) is 0 Å². The van der Waals surface area contributed by atoms with Crippen molar-refractivity contribution in [3.63, 3.8) is 0 Å². The molecule has 0 aliphatic heterocycles. The predicted molar refractivity (Wildman–Crippen MR) is 123 cm³/mol. The molecule has 2 aromatic rings. The first-order chi connectivity index (χ1) is 15.0. The van der Waals surface area contributed by atoms with Gasteiger partial charge in [0.15, 0.2) is 5.15 Å². The van der Waals surface area contributed by atoms with Crippen molar-refractivity contribution >= 4 is 27.6 Å². The number of imidazole rings is 1. The van der Waals surface area contributed by atoms with Crippen LogP contribution in [0.5, 0.6) is 0 Å². The number of aliphatic hydroxyl groups excluding tert-OH is 1. The Morgan fingerprint density at radius 1 is 1.25 bits per heavy atom. The highest BCUT2D eigenvalue weighted by Gasteiger charge is 2.33. The molecule has 0 aliphatic rings. The number of likely N-dealkylation sites (N-methyl/N-ethyl adjacent to an activating group) is 1. The predicted octanol–water partition coefficient (Wildman–Crippen LogP) is 3.54. The van der Waals surface area contributed by atoms with E-state index in [2.05, 4.69) is 11.9 Å². The highest BCUT2D eigenvalue weighted by atomic mass is 35.5. The topological polar surface area (TPSA) is 113 Å². The van der Waals surface area contributed by atoms with Gasteiger partial charge in [0.2, 0.25) is 10.0 Å². The quantitative estimate of drug-likeness (QED) is 0.475. The van der Waals surface area contributed by atoms with E-state index in [1.165, 1.54) is 19.2 Å². The second-order valence-electron chi connectivity index (χ2n) is 8.26. The number of sulfonamides is 1. The molecule has 0 aliphatic carbocycles. The summed E-state index contributed by atoms with van der Waals surface area (Å²) < 4.78 is 28.8. The number of benzene rings is 1. The van der Waals surface area contributed by atoms with E-state index in [1.807, 2.05) is 18.4 Å². The molecule has 32 heavy (non-hydrogen) atoms. The molecule has 1 atom stereocenters. The summed E-state index contributed by atoms with van der Waals surface area (Å²) in [6.45, 7) is 5.91. The van der Waals surface area contributed by atoms with Gasteiger partial charge < -0.3 is 14.8 Å². The molecule has 0 saturated carbocycles. The van der Waals surface area contributed by atoms with E-state index in [0.29, 0.717) is 12.2 Å². The van der Waals surface area contributed by atoms with E-state index < -0.39 is 22.0 Å². The lowest BCUT2D eigenvalue weighted by atomic mass is 10.0. The van der Waals surface area contributed by atoms with Crippen molar-refractivity contribution in [1.29, 1.82) is 0 Å². The Balaban J connectivity index is 2.29. The Morgan fingerprint density at radius 2 is 1.88 bits per heavy atom. The number of hydrogen-bond acceptors (Lipinski definition) is 5. The lowest BCUT2D eigenvalue weighted by molar-refractivity contribution is -0.141. The molecule has 2 N–H and O–H groups in total. The molecule has 0 saturated heterocycles. The van der Waals surface area contributed by atoms with Crippen LogP contribution in [0.1, 0.15) is 57.1 Å². The van der Waals surface area contributed by atoms with Crippen molar-refractivity contribution in [2.45, 2.75) is 70.5 Å². The van der Waals surface area contributed by atoms with Gasteiger partial charge in [0.05, 0.1) is 17.2 Å². The van der Waals surface area contributed by atoms with Gasteiger partial charge >= 0.3 is 5.97 Å². The van der Waals surface area contributed by atoms with Gasteiger partial charge in [-0.3, -0.25) is 4.79 Å². The average Bonchev–Trinajstić information content (AvgIpc) is 3.03. The van der Waals surface area contributed by atoms with Crippen LogP contribution >= 0.6 is 11.6 Å². The zero-order chi connectivity index (χ0) is 24.1. The van der Waals surface area contributed by atoms with Gasteiger partial charge in [-0.1, -0.05) is 50.9 Å². The normalized spacial score (nSPS) is 13.1.